The van der Waals surface area contributed by atoms with Gasteiger partial charge < -0.3 is 14.8 Å². The molecular formula is C14H23N3O2. The summed E-state index contributed by atoms with van der Waals surface area (Å²) in [6, 6.07) is 1.86. The van der Waals surface area contributed by atoms with Crippen LogP contribution >= 0.6 is 0 Å². The molecule has 0 saturated heterocycles. The number of rotatable bonds is 5. The number of aromatic nitrogens is 2. The Labute approximate surface area is 114 Å². The first-order chi connectivity index (χ1) is 9.25. The normalized spacial score (nSPS) is 23.1. The van der Waals surface area contributed by atoms with Crippen LogP contribution in [0.2, 0.25) is 0 Å². The summed E-state index contributed by atoms with van der Waals surface area (Å²) in [5.74, 6) is 2.28. The second-order valence-electron chi connectivity index (χ2n) is 4.88. The van der Waals surface area contributed by atoms with Crippen molar-refractivity contribution in [2.24, 2.45) is 0 Å². The van der Waals surface area contributed by atoms with Crippen molar-refractivity contribution >= 4 is 5.82 Å². The Morgan fingerprint density at radius 2 is 2.11 bits per heavy atom. The molecule has 1 heterocycles. The lowest BCUT2D eigenvalue weighted by molar-refractivity contribution is 0.0194. The highest BCUT2D eigenvalue weighted by Gasteiger charge is 2.23. The van der Waals surface area contributed by atoms with Gasteiger partial charge in [-0.25, -0.2) is 4.98 Å². The average Bonchev–Trinajstić information content (AvgIpc) is 2.47. The molecule has 19 heavy (non-hydrogen) atoms. The summed E-state index contributed by atoms with van der Waals surface area (Å²) in [5.41, 5.74) is 0. The zero-order valence-corrected chi connectivity index (χ0v) is 12.0. The molecule has 5 heteroatoms. The summed E-state index contributed by atoms with van der Waals surface area (Å²) < 4.78 is 11.4. The van der Waals surface area contributed by atoms with Gasteiger partial charge in [-0.1, -0.05) is 6.92 Å². The summed E-state index contributed by atoms with van der Waals surface area (Å²) in [5, 5.41) is 3.04. The lowest BCUT2D eigenvalue weighted by atomic mass is 9.95. The summed E-state index contributed by atoms with van der Waals surface area (Å²) in [7, 11) is 3.62. The highest BCUT2D eigenvalue weighted by molar-refractivity contribution is 5.37. The molecule has 0 spiro atoms. The van der Waals surface area contributed by atoms with E-state index in [0.717, 1.165) is 43.7 Å². The van der Waals surface area contributed by atoms with Crippen molar-refractivity contribution in [3.8, 4) is 5.88 Å². The van der Waals surface area contributed by atoms with Crippen LogP contribution in [0.1, 0.15) is 38.4 Å². The van der Waals surface area contributed by atoms with Crippen molar-refractivity contribution in [3.63, 3.8) is 0 Å². The molecule has 0 radical (unpaired) electrons. The van der Waals surface area contributed by atoms with Gasteiger partial charge in [-0.15, -0.1) is 0 Å². The van der Waals surface area contributed by atoms with Crippen LogP contribution in [-0.2, 0) is 11.2 Å². The van der Waals surface area contributed by atoms with Gasteiger partial charge in [-0.05, 0) is 19.3 Å². The molecule has 5 nitrogen and oxygen atoms in total. The summed E-state index contributed by atoms with van der Waals surface area (Å²) in [6.07, 6.45) is 5.60. The maximum absolute atomic E-state index is 6.00. The maximum atomic E-state index is 6.00. The zero-order valence-electron chi connectivity index (χ0n) is 12.0. The van der Waals surface area contributed by atoms with E-state index in [9.17, 15) is 0 Å². The van der Waals surface area contributed by atoms with Crippen LogP contribution in [0.3, 0.4) is 0 Å². The van der Waals surface area contributed by atoms with Crippen molar-refractivity contribution in [3.05, 3.63) is 11.9 Å². The second kappa shape index (κ2) is 6.70. The van der Waals surface area contributed by atoms with E-state index in [-0.39, 0.29) is 6.10 Å². The van der Waals surface area contributed by atoms with Crippen LogP contribution in [0, 0.1) is 0 Å². The molecular weight excluding hydrogens is 242 g/mol. The zero-order chi connectivity index (χ0) is 13.7. The lowest BCUT2D eigenvalue weighted by Gasteiger charge is -2.28. The van der Waals surface area contributed by atoms with E-state index >= 15 is 0 Å². The van der Waals surface area contributed by atoms with Gasteiger partial charge in [0, 0.05) is 33.1 Å². The molecule has 1 aromatic rings. The van der Waals surface area contributed by atoms with E-state index in [4.69, 9.17) is 9.47 Å². The minimum absolute atomic E-state index is 0.197. The number of hydrogen-bond donors (Lipinski definition) is 1. The number of ether oxygens (including phenoxy) is 2. The van der Waals surface area contributed by atoms with Crippen molar-refractivity contribution in [1.82, 2.24) is 9.97 Å². The van der Waals surface area contributed by atoms with Gasteiger partial charge in [0.2, 0.25) is 5.88 Å². The number of aryl methyl sites for hydroxylation is 1. The predicted octanol–water partition coefficient (Wildman–Crippen LogP) is 2.42. The third-order valence-corrected chi connectivity index (χ3v) is 3.52. The molecule has 0 aromatic carbocycles. The first-order valence-electron chi connectivity index (χ1n) is 7.00. The topological polar surface area (TPSA) is 56.3 Å². The SMILES string of the molecule is CCc1nc(NC)cc(OC2CCCC(OC)C2)n1. The van der Waals surface area contributed by atoms with E-state index < -0.39 is 0 Å². The summed E-state index contributed by atoms with van der Waals surface area (Å²) in [4.78, 5) is 8.80. The molecule has 1 aliphatic carbocycles. The highest BCUT2D eigenvalue weighted by atomic mass is 16.5. The number of anilines is 1. The third kappa shape index (κ3) is 3.80. The summed E-state index contributed by atoms with van der Waals surface area (Å²) in [6.45, 7) is 2.04. The van der Waals surface area contributed by atoms with Gasteiger partial charge in [-0.3, -0.25) is 0 Å². The molecule has 2 rings (SSSR count). The van der Waals surface area contributed by atoms with Crippen LogP contribution in [0.5, 0.6) is 5.88 Å². The Bertz CT molecular complexity index is 389. The molecule has 0 bridgehead atoms. The molecule has 2 unspecified atom stereocenters. The van der Waals surface area contributed by atoms with Crippen LogP contribution < -0.4 is 10.1 Å². The fraction of sp³-hybridized carbons (Fsp3) is 0.714. The van der Waals surface area contributed by atoms with Crippen LogP contribution in [0.15, 0.2) is 6.07 Å². The average molecular weight is 265 g/mol. The fourth-order valence-electron chi connectivity index (χ4n) is 2.41. The Balaban J connectivity index is 2.05. The van der Waals surface area contributed by atoms with Gasteiger partial charge in [0.1, 0.15) is 17.7 Å². The highest BCUT2D eigenvalue weighted by Crippen LogP contribution is 2.25. The van der Waals surface area contributed by atoms with Gasteiger partial charge >= 0.3 is 0 Å². The Hall–Kier alpha value is -1.36. The maximum Gasteiger partial charge on any atom is 0.218 e. The van der Waals surface area contributed by atoms with Gasteiger partial charge in [0.05, 0.1) is 6.10 Å². The predicted molar refractivity (Wildman–Crippen MR) is 74.6 cm³/mol. The molecule has 2 atom stereocenters. The van der Waals surface area contributed by atoms with E-state index in [2.05, 4.69) is 15.3 Å². The van der Waals surface area contributed by atoms with Gasteiger partial charge in [0.15, 0.2) is 0 Å². The Morgan fingerprint density at radius 1 is 1.32 bits per heavy atom. The largest absolute Gasteiger partial charge is 0.474 e. The van der Waals surface area contributed by atoms with Crippen molar-refractivity contribution in [2.45, 2.75) is 51.2 Å². The first kappa shape index (κ1) is 14.1. The van der Waals surface area contributed by atoms with Crippen molar-refractivity contribution in [1.29, 1.82) is 0 Å². The minimum atomic E-state index is 0.197. The van der Waals surface area contributed by atoms with Crippen molar-refractivity contribution in [2.75, 3.05) is 19.5 Å². The van der Waals surface area contributed by atoms with E-state index in [1.54, 1.807) is 7.11 Å². The molecule has 1 aromatic heterocycles. The van der Waals surface area contributed by atoms with Crippen LogP contribution in [-0.4, -0.2) is 36.3 Å². The number of nitrogens with zero attached hydrogens (tertiary/aromatic N) is 2. The lowest BCUT2D eigenvalue weighted by Crippen LogP contribution is -2.29. The second-order valence-corrected chi connectivity index (χ2v) is 4.88. The van der Waals surface area contributed by atoms with Crippen LogP contribution in [0.4, 0.5) is 5.82 Å². The Kier molecular flexibility index (Phi) is 4.96. The third-order valence-electron chi connectivity index (χ3n) is 3.52. The Morgan fingerprint density at radius 3 is 2.79 bits per heavy atom. The van der Waals surface area contributed by atoms with Gasteiger partial charge in [-0.2, -0.15) is 4.98 Å². The molecule has 0 amide bonds. The van der Waals surface area contributed by atoms with E-state index in [1.807, 2.05) is 20.0 Å². The molecule has 106 valence electrons. The quantitative estimate of drug-likeness (QED) is 0.886. The standard InChI is InChI=1S/C14H23N3O2/c1-4-12-16-13(15-2)9-14(17-12)19-11-7-5-6-10(8-11)18-3/h9-11H,4-8H2,1-3H3,(H,15,16,17). The molecule has 1 saturated carbocycles. The molecule has 0 aliphatic heterocycles. The molecule has 1 N–H and O–H groups in total. The number of hydrogen-bond acceptors (Lipinski definition) is 5. The molecule has 1 fully saturated rings. The number of methoxy groups -OCH3 is 1. The van der Waals surface area contributed by atoms with E-state index in [1.165, 1.54) is 0 Å². The fourth-order valence-corrected chi connectivity index (χ4v) is 2.41. The van der Waals surface area contributed by atoms with E-state index in [0.29, 0.717) is 12.0 Å². The van der Waals surface area contributed by atoms with Gasteiger partial charge in [0.25, 0.3) is 0 Å². The molecule has 1 aliphatic rings. The van der Waals surface area contributed by atoms with Crippen LogP contribution in [0.25, 0.3) is 0 Å². The smallest absolute Gasteiger partial charge is 0.218 e. The van der Waals surface area contributed by atoms with Crippen molar-refractivity contribution < 1.29 is 9.47 Å². The summed E-state index contributed by atoms with van der Waals surface area (Å²) >= 11 is 0. The monoisotopic (exact) mass is 265 g/mol. The minimum Gasteiger partial charge on any atom is -0.474 e. The first-order valence-corrected chi connectivity index (χ1v) is 7.00. The number of nitrogens with one attached hydrogen (secondary N) is 1.